The third kappa shape index (κ3) is 4.64. The molecule has 1 amide bonds. The fraction of sp³-hybridized carbons (Fsp3) is 0.421. The molecule has 0 spiro atoms. The molecular formula is C19H21FN2O5. The van der Waals surface area contributed by atoms with E-state index in [9.17, 15) is 14.0 Å². The summed E-state index contributed by atoms with van der Waals surface area (Å²) in [6.07, 6.45) is 2.66. The van der Waals surface area contributed by atoms with Gasteiger partial charge in [-0.15, -0.1) is 0 Å². The second-order valence-electron chi connectivity index (χ2n) is 6.19. The molecule has 2 heterocycles. The van der Waals surface area contributed by atoms with Crippen LogP contribution in [0.2, 0.25) is 0 Å². The van der Waals surface area contributed by atoms with Crippen LogP contribution in [0.15, 0.2) is 34.9 Å². The summed E-state index contributed by atoms with van der Waals surface area (Å²) >= 11 is 0. The minimum absolute atomic E-state index is 0.0804. The van der Waals surface area contributed by atoms with E-state index in [1.165, 1.54) is 18.4 Å². The van der Waals surface area contributed by atoms with Crippen molar-refractivity contribution in [1.82, 2.24) is 9.88 Å². The van der Waals surface area contributed by atoms with Gasteiger partial charge in [0.1, 0.15) is 6.26 Å². The molecule has 1 aliphatic heterocycles. The van der Waals surface area contributed by atoms with Crippen LogP contribution in [-0.2, 0) is 16.1 Å². The quantitative estimate of drug-likeness (QED) is 0.721. The Bertz CT molecular complexity index is 807. The third-order valence-corrected chi connectivity index (χ3v) is 4.29. The van der Waals surface area contributed by atoms with E-state index in [-0.39, 0.29) is 41.7 Å². The Morgan fingerprint density at radius 1 is 1.37 bits per heavy atom. The van der Waals surface area contributed by atoms with E-state index in [0.29, 0.717) is 26.1 Å². The number of carbonyl (C=O) groups excluding carboxylic acids is 2. The van der Waals surface area contributed by atoms with Gasteiger partial charge in [-0.25, -0.2) is 9.37 Å². The lowest BCUT2D eigenvalue weighted by atomic mass is 9.98. The van der Waals surface area contributed by atoms with E-state index in [2.05, 4.69) is 4.98 Å². The molecule has 3 rings (SSSR count). The highest BCUT2D eigenvalue weighted by Gasteiger charge is 2.31. The fourth-order valence-electron chi connectivity index (χ4n) is 2.95. The Kier molecular flexibility index (Phi) is 6.05. The molecule has 7 nitrogen and oxygen atoms in total. The first-order valence-corrected chi connectivity index (χ1v) is 8.86. The summed E-state index contributed by atoms with van der Waals surface area (Å²) in [5, 5.41) is 0. The zero-order valence-electron chi connectivity index (χ0n) is 15.0. The van der Waals surface area contributed by atoms with Crippen LogP contribution in [0.25, 0.3) is 0 Å². The van der Waals surface area contributed by atoms with E-state index in [0.717, 1.165) is 6.42 Å². The number of amides is 1. The maximum Gasteiger partial charge on any atom is 0.310 e. The van der Waals surface area contributed by atoms with Crippen molar-refractivity contribution >= 4 is 11.9 Å². The molecule has 1 fully saturated rings. The molecule has 0 aliphatic carbocycles. The first-order valence-electron chi connectivity index (χ1n) is 8.86. The van der Waals surface area contributed by atoms with Gasteiger partial charge in [0.25, 0.3) is 5.91 Å². The minimum atomic E-state index is -0.487. The average molecular weight is 376 g/mol. The van der Waals surface area contributed by atoms with Gasteiger partial charge in [0, 0.05) is 13.1 Å². The normalized spacial score (nSPS) is 16.8. The van der Waals surface area contributed by atoms with Crippen molar-refractivity contribution in [2.24, 2.45) is 5.92 Å². The van der Waals surface area contributed by atoms with E-state index in [1.807, 2.05) is 0 Å². The number of aromatic nitrogens is 1. The number of para-hydroxylation sites is 1. The van der Waals surface area contributed by atoms with Crippen LogP contribution in [0.3, 0.4) is 0 Å². The summed E-state index contributed by atoms with van der Waals surface area (Å²) in [4.78, 5) is 30.2. The zero-order chi connectivity index (χ0) is 19.2. The Morgan fingerprint density at radius 3 is 2.96 bits per heavy atom. The topological polar surface area (TPSA) is 81.9 Å². The van der Waals surface area contributed by atoms with Crippen molar-refractivity contribution in [3.05, 3.63) is 47.9 Å². The zero-order valence-corrected chi connectivity index (χ0v) is 15.0. The number of carbonyl (C=O) groups is 2. The van der Waals surface area contributed by atoms with E-state index < -0.39 is 5.82 Å². The van der Waals surface area contributed by atoms with Crippen LogP contribution in [-0.4, -0.2) is 41.5 Å². The predicted octanol–water partition coefficient (Wildman–Crippen LogP) is 2.81. The lowest BCUT2D eigenvalue weighted by Gasteiger charge is -2.30. The monoisotopic (exact) mass is 376 g/mol. The molecule has 1 aromatic carbocycles. The van der Waals surface area contributed by atoms with Gasteiger partial charge in [-0.05, 0) is 31.9 Å². The first kappa shape index (κ1) is 18.9. The minimum Gasteiger partial charge on any atom is -0.481 e. The summed E-state index contributed by atoms with van der Waals surface area (Å²) < 4.78 is 29.2. The Balaban J connectivity index is 1.59. The molecule has 27 heavy (non-hydrogen) atoms. The molecule has 0 saturated carbocycles. The van der Waals surface area contributed by atoms with Gasteiger partial charge in [-0.1, -0.05) is 12.1 Å². The van der Waals surface area contributed by atoms with Gasteiger partial charge in [0.15, 0.2) is 23.9 Å². The number of benzene rings is 1. The maximum atomic E-state index is 13.6. The SMILES string of the molecule is CCOC(=O)C1CCCN(C(=O)c2coc(COc3ccccc3F)n2)C1. The molecule has 8 heteroatoms. The van der Waals surface area contributed by atoms with Crippen molar-refractivity contribution in [1.29, 1.82) is 0 Å². The molecule has 2 aromatic rings. The van der Waals surface area contributed by atoms with Crippen molar-refractivity contribution in [3.8, 4) is 5.75 Å². The lowest BCUT2D eigenvalue weighted by molar-refractivity contribution is -0.149. The number of likely N-dealkylation sites (tertiary alicyclic amines) is 1. The number of hydrogen-bond donors (Lipinski definition) is 0. The second kappa shape index (κ2) is 8.66. The number of halogens is 1. The molecule has 144 valence electrons. The first-order chi connectivity index (χ1) is 13.1. The highest BCUT2D eigenvalue weighted by molar-refractivity contribution is 5.92. The number of nitrogens with zero attached hydrogens (tertiary/aromatic N) is 2. The number of hydrogen-bond acceptors (Lipinski definition) is 6. The van der Waals surface area contributed by atoms with Gasteiger partial charge in [0.2, 0.25) is 5.89 Å². The van der Waals surface area contributed by atoms with Crippen LogP contribution < -0.4 is 4.74 Å². The summed E-state index contributed by atoms with van der Waals surface area (Å²) in [6.45, 7) is 2.82. The van der Waals surface area contributed by atoms with Crippen molar-refractivity contribution in [3.63, 3.8) is 0 Å². The molecule has 1 aromatic heterocycles. The van der Waals surface area contributed by atoms with Gasteiger partial charge >= 0.3 is 5.97 Å². The molecule has 1 saturated heterocycles. The summed E-state index contributed by atoms with van der Waals surface area (Å²) in [6, 6.07) is 6.00. The number of piperidine rings is 1. The molecule has 1 aliphatic rings. The van der Waals surface area contributed by atoms with Gasteiger partial charge in [-0.3, -0.25) is 9.59 Å². The van der Waals surface area contributed by atoms with E-state index >= 15 is 0 Å². The van der Waals surface area contributed by atoms with Crippen LogP contribution in [0.5, 0.6) is 5.75 Å². The average Bonchev–Trinajstić information content (AvgIpc) is 3.16. The molecule has 1 atom stereocenters. The standard InChI is InChI=1S/C19H21FN2O5/c1-2-25-19(24)13-6-5-9-22(10-13)18(23)15-11-27-17(21-15)12-26-16-8-4-3-7-14(16)20/h3-4,7-8,11,13H,2,5-6,9-10,12H2,1H3. The number of rotatable bonds is 6. The van der Waals surface area contributed by atoms with Crippen molar-refractivity contribution in [2.45, 2.75) is 26.4 Å². The molecule has 0 radical (unpaired) electrons. The smallest absolute Gasteiger partial charge is 0.310 e. The van der Waals surface area contributed by atoms with Crippen LogP contribution >= 0.6 is 0 Å². The summed E-state index contributed by atoms with van der Waals surface area (Å²) in [7, 11) is 0. The van der Waals surface area contributed by atoms with E-state index in [1.54, 1.807) is 24.0 Å². The highest BCUT2D eigenvalue weighted by Crippen LogP contribution is 2.21. The Hall–Kier alpha value is -2.90. The van der Waals surface area contributed by atoms with Crippen molar-refractivity contribution in [2.75, 3.05) is 19.7 Å². The number of esters is 1. The lowest BCUT2D eigenvalue weighted by Crippen LogP contribution is -2.43. The number of ether oxygens (including phenoxy) is 2. The Morgan fingerprint density at radius 2 is 2.19 bits per heavy atom. The number of oxazole rings is 1. The Labute approximate surface area is 156 Å². The van der Waals surface area contributed by atoms with Gasteiger partial charge < -0.3 is 18.8 Å². The van der Waals surface area contributed by atoms with Crippen LogP contribution in [0.1, 0.15) is 36.1 Å². The highest BCUT2D eigenvalue weighted by atomic mass is 19.1. The molecule has 1 unspecified atom stereocenters. The molecule has 0 bridgehead atoms. The summed E-state index contributed by atoms with van der Waals surface area (Å²) in [5.41, 5.74) is 0.131. The van der Waals surface area contributed by atoms with Gasteiger partial charge in [-0.2, -0.15) is 0 Å². The molecular weight excluding hydrogens is 355 g/mol. The molecule has 0 N–H and O–H groups in total. The van der Waals surface area contributed by atoms with Crippen LogP contribution in [0, 0.1) is 11.7 Å². The van der Waals surface area contributed by atoms with Crippen LogP contribution in [0.4, 0.5) is 4.39 Å². The predicted molar refractivity (Wildman–Crippen MR) is 92.5 cm³/mol. The van der Waals surface area contributed by atoms with Crippen molar-refractivity contribution < 1.29 is 27.9 Å². The fourth-order valence-corrected chi connectivity index (χ4v) is 2.95. The largest absolute Gasteiger partial charge is 0.481 e. The third-order valence-electron chi connectivity index (χ3n) is 4.29. The summed E-state index contributed by atoms with van der Waals surface area (Å²) in [5.74, 6) is -1.16. The second-order valence-corrected chi connectivity index (χ2v) is 6.19. The van der Waals surface area contributed by atoms with E-state index in [4.69, 9.17) is 13.9 Å². The maximum absolute atomic E-state index is 13.6. The van der Waals surface area contributed by atoms with Gasteiger partial charge in [0.05, 0.1) is 12.5 Å².